The third-order valence-corrected chi connectivity index (χ3v) is 3.96. The van der Waals surface area contributed by atoms with Crippen LogP contribution in [0.2, 0.25) is 0 Å². The van der Waals surface area contributed by atoms with E-state index < -0.39 is 5.79 Å². The number of carbonyl (C=O) groups excluding carboxylic acids is 1. The summed E-state index contributed by atoms with van der Waals surface area (Å²) in [4.78, 5) is 14.0. The molecule has 1 fully saturated rings. The van der Waals surface area contributed by atoms with Crippen LogP contribution in [0, 0.1) is 0 Å². The van der Waals surface area contributed by atoms with Crippen molar-refractivity contribution in [2.45, 2.75) is 44.7 Å². The van der Waals surface area contributed by atoms with Crippen LogP contribution in [-0.2, 0) is 20.8 Å². The first-order valence-electron chi connectivity index (χ1n) is 7.36. The zero-order valence-electron chi connectivity index (χ0n) is 12.5. The summed E-state index contributed by atoms with van der Waals surface area (Å²) < 4.78 is 11.6. The SMILES string of the molecule is CC1(C)OC[C@H]([C@@H]2CC(=O)C=CN2Cc2ccccc2)O1. The zero-order chi connectivity index (χ0) is 14.9. The van der Waals surface area contributed by atoms with E-state index in [1.807, 2.05) is 38.2 Å². The second-order valence-corrected chi connectivity index (χ2v) is 6.08. The van der Waals surface area contributed by atoms with Gasteiger partial charge in [-0.3, -0.25) is 4.79 Å². The minimum absolute atomic E-state index is 0.0319. The molecule has 0 aromatic heterocycles. The van der Waals surface area contributed by atoms with Gasteiger partial charge in [-0.1, -0.05) is 30.3 Å². The van der Waals surface area contributed by atoms with Gasteiger partial charge in [0.2, 0.25) is 0 Å². The number of ketones is 1. The van der Waals surface area contributed by atoms with Crippen molar-refractivity contribution in [2.75, 3.05) is 6.61 Å². The molecule has 2 heterocycles. The van der Waals surface area contributed by atoms with Crippen molar-refractivity contribution in [1.82, 2.24) is 4.90 Å². The number of hydrogen-bond donors (Lipinski definition) is 0. The first-order valence-corrected chi connectivity index (χ1v) is 7.36. The Hall–Kier alpha value is -1.65. The van der Waals surface area contributed by atoms with Crippen LogP contribution in [-0.4, -0.2) is 35.2 Å². The third-order valence-electron chi connectivity index (χ3n) is 3.96. The van der Waals surface area contributed by atoms with E-state index in [-0.39, 0.29) is 17.9 Å². The number of ether oxygens (including phenoxy) is 2. The molecule has 0 bridgehead atoms. The molecule has 0 N–H and O–H groups in total. The van der Waals surface area contributed by atoms with Crippen molar-refractivity contribution in [3.8, 4) is 0 Å². The van der Waals surface area contributed by atoms with Crippen molar-refractivity contribution in [1.29, 1.82) is 0 Å². The van der Waals surface area contributed by atoms with Gasteiger partial charge in [0.15, 0.2) is 11.6 Å². The smallest absolute Gasteiger partial charge is 0.163 e. The van der Waals surface area contributed by atoms with Crippen molar-refractivity contribution in [2.24, 2.45) is 0 Å². The molecule has 0 amide bonds. The van der Waals surface area contributed by atoms with E-state index in [0.717, 1.165) is 6.54 Å². The maximum atomic E-state index is 11.8. The van der Waals surface area contributed by atoms with Gasteiger partial charge in [-0.05, 0) is 25.5 Å². The van der Waals surface area contributed by atoms with E-state index in [0.29, 0.717) is 13.0 Å². The van der Waals surface area contributed by atoms with E-state index in [1.165, 1.54) is 5.56 Å². The molecule has 0 saturated carbocycles. The molecule has 1 saturated heterocycles. The Kier molecular flexibility index (Phi) is 3.83. The van der Waals surface area contributed by atoms with Gasteiger partial charge >= 0.3 is 0 Å². The Bertz CT molecular complexity index is 538. The van der Waals surface area contributed by atoms with Crippen LogP contribution in [0.25, 0.3) is 0 Å². The Morgan fingerprint density at radius 2 is 2.05 bits per heavy atom. The fourth-order valence-corrected chi connectivity index (χ4v) is 2.90. The number of benzene rings is 1. The average Bonchev–Trinajstić information content (AvgIpc) is 2.82. The van der Waals surface area contributed by atoms with Crippen LogP contribution in [0.3, 0.4) is 0 Å². The van der Waals surface area contributed by atoms with Crippen LogP contribution in [0.15, 0.2) is 42.6 Å². The predicted octanol–water partition coefficient (Wildman–Crippen LogP) is 2.50. The number of nitrogens with zero attached hydrogens (tertiary/aromatic N) is 1. The fraction of sp³-hybridized carbons (Fsp3) is 0.471. The third kappa shape index (κ3) is 3.34. The van der Waals surface area contributed by atoms with E-state index in [9.17, 15) is 4.79 Å². The molecule has 112 valence electrons. The molecule has 0 radical (unpaired) electrons. The van der Waals surface area contributed by atoms with Crippen molar-refractivity contribution < 1.29 is 14.3 Å². The Balaban J connectivity index is 1.76. The maximum Gasteiger partial charge on any atom is 0.163 e. The van der Waals surface area contributed by atoms with Crippen LogP contribution in [0.4, 0.5) is 0 Å². The maximum absolute atomic E-state index is 11.8. The molecule has 1 aromatic rings. The normalized spacial score (nSPS) is 28.1. The number of rotatable bonds is 3. The van der Waals surface area contributed by atoms with E-state index in [4.69, 9.17) is 9.47 Å². The molecule has 4 heteroatoms. The van der Waals surface area contributed by atoms with Crippen LogP contribution in [0.5, 0.6) is 0 Å². The second-order valence-electron chi connectivity index (χ2n) is 6.08. The summed E-state index contributed by atoms with van der Waals surface area (Å²) in [5.41, 5.74) is 1.22. The molecule has 1 aromatic carbocycles. The molecular formula is C17H21NO3. The molecule has 0 unspecified atom stereocenters. The Labute approximate surface area is 125 Å². The molecule has 2 atom stereocenters. The monoisotopic (exact) mass is 287 g/mol. The van der Waals surface area contributed by atoms with Crippen molar-refractivity contribution in [3.63, 3.8) is 0 Å². The van der Waals surface area contributed by atoms with E-state index in [1.54, 1.807) is 6.08 Å². The summed E-state index contributed by atoms with van der Waals surface area (Å²) in [7, 11) is 0. The van der Waals surface area contributed by atoms with Gasteiger partial charge in [0, 0.05) is 19.2 Å². The minimum Gasteiger partial charge on any atom is -0.367 e. The topological polar surface area (TPSA) is 38.8 Å². The van der Waals surface area contributed by atoms with Gasteiger partial charge in [0.1, 0.15) is 6.10 Å². The van der Waals surface area contributed by atoms with Crippen LogP contribution in [0.1, 0.15) is 25.8 Å². The molecule has 4 nitrogen and oxygen atoms in total. The average molecular weight is 287 g/mol. The molecule has 21 heavy (non-hydrogen) atoms. The summed E-state index contributed by atoms with van der Waals surface area (Å²) in [6, 6.07) is 10.3. The van der Waals surface area contributed by atoms with Gasteiger partial charge in [0.05, 0.1) is 12.6 Å². The first-order chi connectivity index (χ1) is 10.0. The largest absolute Gasteiger partial charge is 0.367 e. The van der Waals surface area contributed by atoms with Gasteiger partial charge in [-0.15, -0.1) is 0 Å². The molecular weight excluding hydrogens is 266 g/mol. The highest BCUT2D eigenvalue weighted by atomic mass is 16.7. The van der Waals surface area contributed by atoms with Gasteiger partial charge in [-0.25, -0.2) is 0 Å². The predicted molar refractivity (Wildman–Crippen MR) is 79.4 cm³/mol. The lowest BCUT2D eigenvalue weighted by Gasteiger charge is -2.36. The van der Waals surface area contributed by atoms with Crippen LogP contribution < -0.4 is 0 Å². The number of hydrogen-bond acceptors (Lipinski definition) is 4. The quantitative estimate of drug-likeness (QED) is 0.856. The molecule has 3 rings (SSSR count). The summed E-state index contributed by atoms with van der Waals surface area (Å²) in [6.07, 6.45) is 3.95. The van der Waals surface area contributed by atoms with Gasteiger partial charge in [-0.2, -0.15) is 0 Å². The molecule has 2 aliphatic rings. The summed E-state index contributed by atoms with van der Waals surface area (Å²) in [6.45, 7) is 5.13. The van der Waals surface area contributed by atoms with Gasteiger partial charge < -0.3 is 14.4 Å². The lowest BCUT2D eigenvalue weighted by molar-refractivity contribution is -0.147. The van der Waals surface area contributed by atoms with Gasteiger partial charge in [0.25, 0.3) is 0 Å². The number of allylic oxidation sites excluding steroid dienone is 1. The van der Waals surface area contributed by atoms with Crippen molar-refractivity contribution in [3.05, 3.63) is 48.2 Å². The van der Waals surface area contributed by atoms with E-state index >= 15 is 0 Å². The van der Waals surface area contributed by atoms with Crippen molar-refractivity contribution >= 4 is 5.78 Å². The van der Waals surface area contributed by atoms with E-state index in [2.05, 4.69) is 17.0 Å². The molecule has 2 aliphatic heterocycles. The molecule has 0 spiro atoms. The summed E-state index contributed by atoms with van der Waals surface area (Å²) in [5, 5.41) is 0. The van der Waals surface area contributed by atoms with Crippen LogP contribution >= 0.6 is 0 Å². The molecule has 0 aliphatic carbocycles. The highest BCUT2D eigenvalue weighted by Gasteiger charge is 2.40. The first kappa shape index (κ1) is 14.3. The highest BCUT2D eigenvalue weighted by molar-refractivity contribution is 5.90. The lowest BCUT2D eigenvalue weighted by Crippen LogP contribution is -2.45. The Morgan fingerprint density at radius 3 is 2.71 bits per heavy atom. The number of carbonyl (C=O) groups is 1. The fourth-order valence-electron chi connectivity index (χ4n) is 2.90. The Morgan fingerprint density at radius 1 is 1.29 bits per heavy atom. The summed E-state index contributed by atoms with van der Waals surface area (Å²) in [5.74, 6) is -0.412. The highest BCUT2D eigenvalue weighted by Crippen LogP contribution is 2.30. The zero-order valence-corrected chi connectivity index (χ0v) is 12.5. The minimum atomic E-state index is -0.562. The standard InChI is InChI=1S/C17H21NO3/c1-17(2)20-12-16(21-17)15-10-14(19)8-9-18(15)11-13-6-4-3-5-7-13/h3-9,15-16H,10-12H2,1-2H3/t15-,16+/m0/s1. The second kappa shape index (κ2) is 5.62. The lowest BCUT2D eigenvalue weighted by atomic mass is 9.99. The summed E-state index contributed by atoms with van der Waals surface area (Å²) >= 11 is 0.